The fraction of sp³-hybridized carbons (Fsp3) is 0.556. The summed E-state index contributed by atoms with van der Waals surface area (Å²) in [4.78, 5) is 17.2. The Kier molecular flexibility index (Phi) is 7.83. The van der Waals surface area contributed by atoms with E-state index in [0.29, 0.717) is 38.5 Å². The second kappa shape index (κ2) is 9.88. The number of rotatable bonds is 11. The predicted molar refractivity (Wildman–Crippen MR) is 104 cm³/mol. The van der Waals surface area contributed by atoms with Crippen LogP contribution >= 0.6 is 7.60 Å². The van der Waals surface area contributed by atoms with Gasteiger partial charge in [0.15, 0.2) is 5.84 Å². The zero-order valence-electron chi connectivity index (χ0n) is 16.1. The lowest BCUT2D eigenvalue weighted by atomic mass is 9.99. The van der Waals surface area contributed by atoms with Gasteiger partial charge in [-0.05, 0) is 32.8 Å². The summed E-state index contributed by atoms with van der Waals surface area (Å²) >= 11 is 0. The molecule has 0 radical (unpaired) electrons. The third-order valence-corrected chi connectivity index (χ3v) is 6.24. The molecular formula is C18H28N3O5P. The number of benzene rings is 1. The Bertz CT molecular complexity index is 687. The molecule has 9 heteroatoms. The van der Waals surface area contributed by atoms with Crippen LogP contribution in [-0.4, -0.2) is 43.4 Å². The number of hydrogen-bond acceptors (Lipinski definition) is 6. The molecule has 0 aromatic heterocycles. The van der Waals surface area contributed by atoms with Crippen molar-refractivity contribution < 1.29 is 23.2 Å². The summed E-state index contributed by atoms with van der Waals surface area (Å²) < 4.78 is 23.3. The fourth-order valence-electron chi connectivity index (χ4n) is 2.73. The van der Waals surface area contributed by atoms with Crippen LogP contribution in [0.4, 0.5) is 4.79 Å². The minimum absolute atomic E-state index is 0.163. The maximum Gasteiger partial charge on any atom is 0.330 e. The van der Waals surface area contributed by atoms with Crippen LogP contribution in [0.1, 0.15) is 32.8 Å². The second-order valence-corrected chi connectivity index (χ2v) is 8.53. The molecule has 2 amide bonds. The SMILES string of the molecule is CCOP(=O)(CCC1(C)NC(=O)NC1=NOCCc1ccccc1)OCC. The average molecular weight is 397 g/mol. The lowest BCUT2D eigenvalue weighted by Crippen LogP contribution is -2.44. The number of carbonyl (C=O) groups is 1. The number of hydrogen-bond donors (Lipinski definition) is 2. The molecule has 0 bridgehead atoms. The summed E-state index contributed by atoms with van der Waals surface area (Å²) in [6, 6.07) is 9.55. The van der Waals surface area contributed by atoms with Crippen LogP contribution in [0.5, 0.6) is 0 Å². The molecule has 8 nitrogen and oxygen atoms in total. The summed E-state index contributed by atoms with van der Waals surface area (Å²) in [6.45, 7) is 6.30. The number of urea groups is 1. The molecule has 27 heavy (non-hydrogen) atoms. The van der Waals surface area contributed by atoms with Gasteiger partial charge in [-0.25, -0.2) is 4.79 Å². The summed E-state index contributed by atoms with van der Waals surface area (Å²) in [6.07, 6.45) is 1.21. The van der Waals surface area contributed by atoms with Crippen molar-refractivity contribution in [3.8, 4) is 0 Å². The molecule has 1 aliphatic heterocycles. The topological polar surface area (TPSA) is 98.2 Å². The summed E-state index contributed by atoms with van der Waals surface area (Å²) in [5.41, 5.74) is 0.316. The van der Waals surface area contributed by atoms with Crippen LogP contribution in [-0.2, 0) is 24.9 Å². The molecule has 2 rings (SSSR count). The van der Waals surface area contributed by atoms with Gasteiger partial charge in [0, 0.05) is 6.42 Å². The van der Waals surface area contributed by atoms with Crippen molar-refractivity contribution in [3.05, 3.63) is 35.9 Å². The molecule has 1 unspecified atom stereocenters. The molecule has 1 aromatic carbocycles. The zero-order valence-corrected chi connectivity index (χ0v) is 17.0. The van der Waals surface area contributed by atoms with Gasteiger partial charge in [0.05, 0.1) is 19.4 Å². The van der Waals surface area contributed by atoms with E-state index in [9.17, 15) is 9.36 Å². The van der Waals surface area contributed by atoms with E-state index in [0.717, 1.165) is 5.56 Å². The lowest BCUT2D eigenvalue weighted by Gasteiger charge is -2.25. The monoisotopic (exact) mass is 397 g/mol. The largest absolute Gasteiger partial charge is 0.394 e. The molecule has 0 saturated carbocycles. The molecule has 1 atom stereocenters. The van der Waals surface area contributed by atoms with Crippen molar-refractivity contribution in [2.45, 2.75) is 39.2 Å². The molecule has 150 valence electrons. The number of nitrogens with one attached hydrogen (secondary N) is 2. The van der Waals surface area contributed by atoms with Crippen molar-refractivity contribution in [2.75, 3.05) is 26.0 Å². The standard InChI is InChI=1S/C18H28N3O5P/c1-4-25-27(23,26-5-2)14-12-18(3)16(19-17(22)20-18)21-24-13-11-15-9-7-6-8-10-15/h6-10H,4-5,11-14H2,1-3H3,(H2,19,20,21,22). The Morgan fingerprint density at radius 1 is 1.15 bits per heavy atom. The molecule has 1 aromatic rings. The number of carbonyl (C=O) groups excluding carboxylic acids is 1. The number of nitrogens with zero attached hydrogens (tertiary/aromatic N) is 1. The van der Waals surface area contributed by atoms with Crippen molar-refractivity contribution in [2.24, 2.45) is 5.16 Å². The van der Waals surface area contributed by atoms with Gasteiger partial charge in [-0.15, -0.1) is 0 Å². The van der Waals surface area contributed by atoms with E-state index in [4.69, 9.17) is 13.9 Å². The Balaban J connectivity index is 1.96. The first-order valence-electron chi connectivity index (χ1n) is 9.12. The highest BCUT2D eigenvalue weighted by Crippen LogP contribution is 2.49. The van der Waals surface area contributed by atoms with Gasteiger partial charge >= 0.3 is 13.6 Å². The normalized spacial score (nSPS) is 21.1. The first kappa shape index (κ1) is 21.4. The molecule has 1 aliphatic rings. The van der Waals surface area contributed by atoms with Crippen LogP contribution in [0.15, 0.2) is 35.5 Å². The average Bonchev–Trinajstić information content (AvgIpc) is 2.93. The zero-order chi connectivity index (χ0) is 19.8. The summed E-state index contributed by atoms with van der Waals surface area (Å²) in [7, 11) is -3.21. The minimum Gasteiger partial charge on any atom is -0.394 e. The van der Waals surface area contributed by atoms with Crippen molar-refractivity contribution in [3.63, 3.8) is 0 Å². The molecule has 1 saturated heterocycles. The molecule has 1 fully saturated rings. The number of amidine groups is 1. The molecule has 0 spiro atoms. The van der Waals surface area contributed by atoms with Crippen molar-refractivity contribution in [1.29, 1.82) is 0 Å². The van der Waals surface area contributed by atoms with E-state index in [1.807, 2.05) is 30.3 Å². The van der Waals surface area contributed by atoms with E-state index in [1.54, 1.807) is 20.8 Å². The Labute approximate surface area is 160 Å². The van der Waals surface area contributed by atoms with E-state index >= 15 is 0 Å². The predicted octanol–water partition coefficient (Wildman–Crippen LogP) is 3.29. The van der Waals surface area contributed by atoms with E-state index < -0.39 is 13.1 Å². The summed E-state index contributed by atoms with van der Waals surface area (Å²) in [5.74, 6) is 0.361. The highest BCUT2D eigenvalue weighted by atomic mass is 31.2. The summed E-state index contributed by atoms with van der Waals surface area (Å²) in [5, 5.41) is 9.54. The van der Waals surface area contributed by atoms with Crippen LogP contribution in [0.2, 0.25) is 0 Å². The van der Waals surface area contributed by atoms with Crippen LogP contribution in [0, 0.1) is 0 Å². The van der Waals surface area contributed by atoms with Gasteiger partial charge in [0.25, 0.3) is 0 Å². The van der Waals surface area contributed by atoms with Crippen LogP contribution < -0.4 is 10.6 Å². The van der Waals surface area contributed by atoms with Gasteiger partial charge in [-0.3, -0.25) is 9.88 Å². The lowest BCUT2D eigenvalue weighted by molar-refractivity contribution is 0.144. The van der Waals surface area contributed by atoms with E-state index in [-0.39, 0.29) is 12.2 Å². The van der Waals surface area contributed by atoms with E-state index in [1.165, 1.54) is 0 Å². The smallest absolute Gasteiger partial charge is 0.330 e. The van der Waals surface area contributed by atoms with Gasteiger partial charge < -0.3 is 19.2 Å². The minimum atomic E-state index is -3.21. The van der Waals surface area contributed by atoms with Crippen molar-refractivity contribution >= 4 is 19.5 Å². The van der Waals surface area contributed by atoms with Gasteiger partial charge in [-0.2, -0.15) is 0 Å². The highest BCUT2D eigenvalue weighted by molar-refractivity contribution is 7.53. The first-order valence-corrected chi connectivity index (χ1v) is 10.9. The molecule has 0 aliphatic carbocycles. The Hall–Kier alpha value is -1.89. The Morgan fingerprint density at radius 3 is 2.44 bits per heavy atom. The second-order valence-electron chi connectivity index (χ2n) is 6.34. The molecule has 2 N–H and O–H groups in total. The van der Waals surface area contributed by atoms with Gasteiger partial charge in [0.2, 0.25) is 0 Å². The quantitative estimate of drug-likeness (QED) is 0.339. The van der Waals surface area contributed by atoms with Gasteiger partial charge in [-0.1, -0.05) is 35.5 Å². The maximum atomic E-state index is 12.7. The third kappa shape index (κ3) is 6.34. The van der Waals surface area contributed by atoms with Crippen molar-refractivity contribution in [1.82, 2.24) is 10.6 Å². The van der Waals surface area contributed by atoms with E-state index in [2.05, 4.69) is 15.8 Å². The number of amides is 2. The van der Waals surface area contributed by atoms with Crippen LogP contribution in [0.25, 0.3) is 0 Å². The van der Waals surface area contributed by atoms with Crippen LogP contribution in [0.3, 0.4) is 0 Å². The van der Waals surface area contributed by atoms with Gasteiger partial charge in [0.1, 0.15) is 12.1 Å². The molecular weight excluding hydrogens is 369 g/mol. The highest BCUT2D eigenvalue weighted by Gasteiger charge is 2.42. The Morgan fingerprint density at radius 2 is 1.81 bits per heavy atom. The maximum absolute atomic E-state index is 12.7. The number of oxime groups is 1. The fourth-order valence-corrected chi connectivity index (χ4v) is 4.57. The third-order valence-electron chi connectivity index (χ3n) is 4.16. The molecule has 1 heterocycles. The first-order chi connectivity index (χ1) is 12.9.